The fourth-order valence-electron chi connectivity index (χ4n) is 1.55. The van der Waals surface area contributed by atoms with Crippen LogP contribution >= 0.6 is 23.2 Å². The molecule has 0 atom stereocenters. The first-order chi connectivity index (χ1) is 8.08. The molecule has 1 aromatic carbocycles. The molecule has 0 saturated carbocycles. The number of carbonyl (C=O) groups excluding carboxylic acids is 1. The molecule has 0 spiro atoms. The highest BCUT2D eigenvalue weighted by Gasteiger charge is 2.13. The second-order valence-corrected chi connectivity index (χ2v) is 4.53. The van der Waals surface area contributed by atoms with Gasteiger partial charge in [0.1, 0.15) is 5.69 Å². The van der Waals surface area contributed by atoms with Crippen LogP contribution in [-0.4, -0.2) is 10.8 Å². The summed E-state index contributed by atoms with van der Waals surface area (Å²) in [7, 11) is 0. The number of hydrogen-bond acceptors (Lipinski definition) is 2. The maximum absolute atomic E-state index is 12.2. The normalized spacial score (nSPS) is 10.3. The van der Waals surface area contributed by atoms with Crippen LogP contribution in [0.25, 0.3) is 0 Å². The van der Waals surface area contributed by atoms with Gasteiger partial charge in [-0.15, -0.1) is 0 Å². The molecule has 0 bridgehead atoms. The molecule has 0 saturated heterocycles. The van der Waals surface area contributed by atoms with Gasteiger partial charge in [0.25, 0.3) is 0 Å². The van der Waals surface area contributed by atoms with Gasteiger partial charge in [-0.05, 0) is 36.8 Å². The minimum Gasteiger partial charge on any atom is -0.287 e. The fraction of sp³-hybridized carbons (Fsp3) is 0.0769. The third kappa shape index (κ3) is 2.65. The van der Waals surface area contributed by atoms with Crippen molar-refractivity contribution in [2.24, 2.45) is 0 Å². The maximum atomic E-state index is 12.2. The highest BCUT2D eigenvalue weighted by molar-refractivity contribution is 6.35. The number of aromatic nitrogens is 1. The number of ketones is 1. The van der Waals surface area contributed by atoms with Crippen molar-refractivity contribution in [3.8, 4) is 0 Å². The van der Waals surface area contributed by atoms with E-state index in [9.17, 15) is 4.79 Å². The first kappa shape index (κ1) is 12.1. The van der Waals surface area contributed by atoms with Crippen LogP contribution in [0.5, 0.6) is 0 Å². The van der Waals surface area contributed by atoms with Gasteiger partial charge in [0.05, 0.1) is 0 Å². The molecule has 0 unspecified atom stereocenters. The summed E-state index contributed by atoms with van der Waals surface area (Å²) in [4.78, 5) is 16.3. The molecule has 1 aromatic heterocycles. The Hall–Kier alpha value is -1.38. The quantitative estimate of drug-likeness (QED) is 0.771. The van der Waals surface area contributed by atoms with E-state index < -0.39 is 0 Å². The third-order valence-electron chi connectivity index (χ3n) is 2.35. The van der Waals surface area contributed by atoms with E-state index in [4.69, 9.17) is 23.2 Å². The molecule has 4 heteroatoms. The lowest BCUT2D eigenvalue weighted by Crippen LogP contribution is -2.06. The van der Waals surface area contributed by atoms with Crippen LogP contribution in [0, 0.1) is 6.92 Å². The van der Waals surface area contributed by atoms with Crippen LogP contribution in [0.1, 0.15) is 21.6 Å². The number of rotatable bonds is 2. The number of halogens is 2. The predicted octanol–water partition coefficient (Wildman–Crippen LogP) is 3.93. The van der Waals surface area contributed by atoms with E-state index in [-0.39, 0.29) is 5.78 Å². The summed E-state index contributed by atoms with van der Waals surface area (Å²) < 4.78 is 0. The molecule has 0 aliphatic heterocycles. The molecule has 17 heavy (non-hydrogen) atoms. The van der Waals surface area contributed by atoms with Gasteiger partial charge < -0.3 is 0 Å². The van der Waals surface area contributed by atoms with Crippen molar-refractivity contribution < 1.29 is 4.79 Å². The van der Waals surface area contributed by atoms with E-state index in [0.717, 1.165) is 5.56 Å². The Morgan fingerprint density at radius 2 is 1.82 bits per heavy atom. The average Bonchev–Trinajstić information content (AvgIpc) is 2.27. The van der Waals surface area contributed by atoms with Crippen LogP contribution in [0.3, 0.4) is 0 Å². The lowest BCUT2D eigenvalue weighted by Gasteiger charge is -2.04. The third-order valence-corrected chi connectivity index (χ3v) is 2.79. The highest BCUT2D eigenvalue weighted by atomic mass is 35.5. The van der Waals surface area contributed by atoms with E-state index in [1.807, 2.05) is 13.0 Å². The molecule has 1 heterocycles. The van der Waals surface area contributed by atoms with Crippen LogP contribution in [0.2, 0.25) is 10.0 Å². The summed E-state index contributed by atoms with van der Waals surface area (Å²) >= 11 is 11.7. The van der Waals surface area contributed by atoms with Gasteiger partial charge in [0.2, 0.25) is 5.78 Å². The van der Waals surface area contributed by atoms with Crippen LogP contribution < -0.4 is 0 Å². The van der Waals surface area contributed by atoms with Gasteiger partial charge in [-0.1, -0.05) is 29.3 Å². The molecule has 0 amide bonds. The van der Waals surface area contributed by atoms with Crippen molar-refractivity contribution in [1.29, 1.82) is 0 Å². The zero-order valence-electron chi connectivity index (χ0n) is 9.08. The molecule has 0 fully saturated rings. The zero-order chi connectivity index (χ0) is 12.4. The van der Waals surface area contributed by atoms with Crippen molar-refractivity contribution in [2.75, 3.05) is 0 Å². The lowest BCUT2D eigenvalue weighted by atomic mass is 10.0. The summed E-state index contributed by atoms with van der Waals surface area (Å²) in [6.45, 7) is 1.84. The van der Waals surface area contributed by atoms with Crippen molar-refractivity contribution in [1.82, 2.24) is 4.98 Å². The smallest absolute Gasteiger partial charge is 0.211 e. The molecule has 2 aromatic rings. The molecular weight excluding hydrogens is 257 g/mol. The van der Waals surface area contributed by atoms with Crippen LogP contribution in [0.4, 0.5) is 0 Å². The molecule has 86 valence electrons. The second-order valence-electron chi connectivity index (χ2n) is 3.66. The molecule has 0 aliphatic rings. The minimum absolute atomic E-state index is 0.174. The molecule has 2 nitrogen and oxygen atoms in total. The summed E-state index contributed by atoms with van der Waals surface area (Å²) in [6, 6.07) is 8.39. The second kappa shape index (κ2) is 4.86. The van der Waals surface area contributed by atoms with Gasteiger partial charge in [0, 0.05) is 21.8 Å². The van der Waals surface area contributed by atoms with Gasteiger partial charge in [0.15, 0.2) is 0 Å². The summed E-state index contributed by atoms with van der Waals surface area (Å²) in [6.07, 6.45) is 1.59. The van der Waals surface area contributed by atoms with Crippen LogP contribution in [0.15, 0.2) is 36.5 Å². The Labute approximate surface area is 109 Å². The van der Waals surface area contributed by atoms with E-state index in [1.54, 1.807) is 30.5 Å². The predicted molar refractivity (Wildman–Crippen MR) is 68.9 cm³/mol. The fourth-order valence-corrected chi connectivity index (χ4v) is 2.07. The summed E-state index contributed by atoms with van der Waals surface area (Å²) in [5, 5.41) is 0.879. The number of nitrogens with zero attached hydrogens (tertiary/aromatic N) is 1. The van der Waals surface area contributed by atoms with E-state index in [1.165, 1.54) is 0 Å². The Bertz CT molecular complexity index is 561. The zero-order valence-corrected chi connectivity index (χ0v) is 10.6. The number of carbonyl (C=O) groups is 1. The largest absolute Gasteiger partial charge is 0.287 e. The monoisotopic (exact) mass is 265 g/mol. The van der Waals surface area contributed by atoms with Gasteiger partial charge in [-0.3, -0.25) is 9.78 Å². The van der Waals surface area contributed by atoms with Gasteiger partial charge in [-0.2, -0.15) is 0 Å². The number of pyridine rings is 1. The first-order valence-corrected chi connectivity index (χ1v) is 5.76. The van der Waals surface area contributed by atoms with E-state index in [2.05, 4.69) is 4.98 Å². The van der Waals surface area contributed by atoms with Gasteiger partial charge in [-0.25, -0.2) is 0 Å². The lowest BCUT2D eigenvalue weighted by molar-refractivity contribution is 0.103. The highest BCUT2D eigenvalue weighted by Crippen LogP contribution is 2.21. The number of benzene rings is 1. The maximum Gasteiger partial charge on any atom is 0.211 e. The molecule has 0 N–H and O–H groups in total. The number of aryl methyl sites for hydroxylation is 1. The van der Waals surface area contributed by atoms with Crippen molar-refractivity contribution in [3.05, 3.63) is 63.4 Å². The Kier molecular flexibility index (Phi) is 3.46. The summed E-state index contributed by atoms with van der Waals surface area (Å²) in [5.41, 5.74) is 1.70. The standard InChI is InChI=1S/C13H9Cl2NO/c1-8-3-2-4-16-12(8)13(17)9-5-10(14)7-11(15)6-9/h2-7H,1H3. The van der Waals surface area contributed by atoms with E-state index in [0.29, 0.717) is 21.3 Å². The van der Waals surface area contributed by atoms with Crippen molar-refractivity contribution in [3.63, 3.8) is 0 Å². The topological polar surface area (TPSA) is 30.0 Å². The first-order valence-electron chi connectivity index (χ1n) is 5.00. The Balaban J connectivity index is 2.48. The molecular formula is C13H9Cl2NO. The van der Waals surface area contributed by atoms with Gasteiger partial charge >= 0.3 is 0 Å². The average molecular weight is 266 g/mol. The number of hydrogen-bond donors (Lipinski definition) is 0. The van der Waals surface area contributed by atoms with Crippen molar-refractivity contribution >= 4 is 29.0 Å². The molecule has 0 radical (unpaired) electrons. The summed E-state index contributed by atoms with van der Waals surface area (Å²) in [5.74, 6) is -0.174. The van der Waals surface area contributed by atoms with Crippen molar-refractivity contribution in [2.45, 2.75) is 6.92 Å². The molecule has 2 rings (SSSR count). The Morgan fingerprint density at radius 1 is 1.18 bits per heavy atom. The van der Waals surface area contributed by atoms with Crippen LogP contribution in [-0.2, 0) is 0 Å². The molecule has 0 aliphatic carbocycles. The minimum atomic E-state index is -0.174. The SMILES string of the molecule is Cc1cccnc1C(=O)c1cc(Cl)cc(Cl)c1. The Morgan fingerprint density at radius 3 is 2.41 bits per heavy atom. The van der Waals surface area contributed by atoms with E-state index >= 15 is 0 Å².